The van der Waals surface area contributed by atoms with Crippen molar-refractivity contribution in [3.8, 4) is 5.75 Å². The zero-order valence-electron chi connectivity index (χ0n) is 12.9. The third-order valence-electron chi connectivity index (χ3n) is 4.58. The van der Waals surface area contributed by atoms with E-state index in [1.807, 2.05) is 11.7 Å². The Kier molecular flexibility index (Phi) is 4.67. The van der Waals surface area contributed by atoms with Gasteiger partial charge in [0.05, 0.1) is 38.3 Å². The normalized spacial score (nSPS) is 21.4. The van der Waals surface area contributed by atoms with Crippen LogP contribution in [0, 0.1) is 0 Å². The smallest absolute Gasteiger partial charge is 0.161 e. The van der Waals surface area contributed by atoms with E-state index in [2.05, 4.69) is 23.8 Å². The Labute approximate surface area is 120 Å². The SMILES string of the molecule is CCC(C)(C(N)c1c(OC)cnn1C)N1CCOCC1. The van der Waals surface area contributed by atoms with Crippen molar-refractivity contribution in [2.45, 2.75) is 31.8 Å². The standard InChI is InChI=1S/C14H26N4O2/c1-5-14(2,18-6-8-20-9-7-18)13(15)12-11(19-4)10-16-17(12)3/h10,13H,5-9,15H2,1-4H3. The summed E-state index contributed by atoms with van der Waals surface area (Å²) in [6.07, 6.45) is 2.69. The second kappa shape index (κ2) is 6.11. The summed E-state index contributed by atoms with van der Waals surface area (Å²) >= 11 is 0. The number of hydrogen-bond donors (Lipinski definition) is 1. The number of aromatic nitrogens is 2. The summed E-state index contributed by atoms with van der Waals surface area (Å²) < 4.78 is 12.7. The van der Waals surface area contributed by atoms with Crippen LogP contribution in [0.15, 0.2) is 6.20 Å². The van der Waals surface area contributed by atoms with Gasteiger partial charge in [-0.1, -0.05) is 6.92 Å². The molecule has 114 valence electrons. The van der Waals surface area contributed by atoms with Gasteiger partial charge in [0.1, 0.15) is 0 Å². The number of ether oxygens (including phenoxy) is 2. The zero-order chi connectivity index (χ0) is 14.8. The predicted molar refractivity (Wildman–Crippen MR) is 77.8 cm³/mol. The molecule has 2 unspecified atom stereocenters. The highest BCUT2D eigenvalue weighted by Crippen LogP contribution is 2.36. The highest BCUT2D eigenvalue weighted by Gasteiger charge is 2.40. The first-order chi connectivity index (χ1) is 9.54. The third-order valence-corrected chi connectivity index (χ3v) is 4.58. The van der Waals surface area contributed by atoms with Crippen molar-refractivity contribution in [2.75, 3.05) is 33.4 Å². The monoisotopic (exact) mass is 282 g/mol. The van der Waals surface area contributed by atoms with Crippen molar-refractivity contribution in [1.29, 1.82) is 0 Å². The summed E-state index contributed by atoms with van der Waals surface area (Å²) in [5.74, 6) is 0.757. The van der Waals surface area contributed by atoms with Crippen LogP contribution in [-0.4, -0.2) is 53.6 Å². The minimum atomic E-state index is -0.159. The molecular weight excluding hydrogens is 256 g/mol. The molecule has 1 aromatic heterocycles. The number of rotatable bonds is 5. The van der Waals surface area contributed by atoms with Crippen LogP contribution in [0.25, 0.3) is 0 Å². The van der Waals surface area contributed by atoms with Crippen molar-refractivity contribution in [3.05, 3.63) is 11.9 Å². The summed E-state index contributed by atoms with van der Waals surface area (Å²) in [5.41, 5.74) is 7.43. The molecule has 20 heavy (non-hydrogen) atoms. The number of nitrogens with two attached hydrogens (primary N) is 1. The van der Waals surface area contributed by atoms with Gasteiger partial charge >= 0.3 is 0 Å². The van der Waals surface area contributed by atoms with Gasteiger partial charge in [-0.2, -0.15) is 5.10 Å². The van der Waals surface area contributed by atoms with Crippen LogP contribution < -0.4 is 10.5 Å². The van der Waals surface area contributed by atoms with Crippen molar-refractivity contribution >= 4 is 0 Å². The van der Waals surface area contributed by atoms with Crippen LogP contribution in [0.3, 0.4) is 0 Å². The van der Waals surface area contributed by atoms with Gasteiger partial charge in [0, 0.05) is 25.7 Å². The molecule has 0 aromatic carbocycles. The molecule has 0 saturated carbocycles. The second-order valence-corrected chi connectivity index (χ2v) is 5.51. The lowest BCUT2D eigenvalue weighted by Crippen LogP contribution is -2.57. The average Bonchev–Trinajstić information content (AvgIpc) is 2.87. The van der Waals surface area contributed by atoms with Gasteiger partial charge in [0.15, 0.2) is 5.75 Å². The first-order valence-corrected chi connectivity index (χ1v) is 7.18. The van der Waals surface area contributed by atoms with Crippen LogP contribution in [0.4, 0.5) is 0 Å². The molecule has 2 rings (SSSR count). The minimum Gasteiger partial charge on any atom is -0.493 e. The van der Waals surface area contributed by atoms with E-state index in [1.165, 1.54) is 0 Å². The highest BCUT2D eigenvalue weighted by molar-refractivity contribution is 5.30. The average molecular weight is 282 g/mol. The van der Waals surface area contributed by atoms with Crippen LogP contribution in [0.2, 0.25) is 0 Å². The van der Waals surface area contributed by atoms with Crippen LogP contribution in [-0.2, 0) is 11.8 Å². The molecule has 0 spiro atoms. The van der Waals surface area contributed by atoms with Crippen molar-refractivity contribution in [1.82, 2.24) is 14.7 Å². The van der Waals surface area contributed by atoms with Gasteiger partial charge in [-0.25, -0.2) is 0 Å². The van der Waals surface area contributed by atoms with Crippen molar-refractivity contribution in [3.63, 3.8) is 0 Å². The van der Waals surface area contributed by atoms with E-state index in [1.54, 1.807) is 13.3 Å². The maximum Gasteiger partial charge on any atom is 0.161 e. The van der Waals surface area contributed by atoms with Crippen LogP contribution >= 0.6 is 0 Å². The highest BCUT2D eigenvalue weighted by atomic mass is 16.5. The second-order valence-electron chi connectivity index (χ2n) is 5.51. The summed E-state index contributed by atoms with van der Waals surface area (Å²) in [7, 11) is 3.57. The summed E-state index contributed by atoms with van der Waals surface area (Å²) in [4.78, 5) is 2.42. The minimum absolute atomic E-state index is 0.134. The molecule has 2 N–H and O–H groups in total. The third kappa shape index (κ3) is 2.55. The van der Waals surface area contributed by atoms with Crippen LogP contribution in [0.1, 0.15) is 32.0 Å². The molecule has 1 aliphatic rings. The van der Waals surface area contributed by atoms with Crippen molar-refractivity contribution in [2.24, 2.45) is 12.8 Å². The predicted octanol–water partition coefficient (Wildman–Crippen LogP) is 0.929. The quantitative estimate of drug-likeness (QED) is 0.870. The van der Waals surface area contributed by atoms with E-state index in [0.717, 1.165) is 44.2 Å². The lowest BCUT2D eigenvalue weighted by molar-refractivity contribution is -0.0288. The van der Waals surface area contributed by atoms with Gasteiger partial charge in [0.2, 0.25) is 0 Å². The number of aryl methyl sites for hydroxylation is 1. The Bertz CT molecular complexity index is 442. The van der Waals surface area contributed by atoms with Gasteiger partial charge < -0.3 is 15.2 Å². The molecule has 1 aliphatic heterocycles. The fourth-order valence-corrected chi connectivity index (χ4v) is 2.95. The van der Waals surface area contributed by atoms with Crippen LogP contribution in [0.5, 0.6) is 5.75 Å². The number of methoxy groups -OCH3 is 1. The molecule has 2 heterocycles. The summed E-state index contributed by atoms with van der Waals surface area (Å²) in [5, 5.41) is 4.27. The molecule has 0 aliphatic carbocycles. The van der Waals surface area contributed by atoms with E-state index in [4.69, 9.17) is 15.2 Å². The molecule has 6 nitrogen and oxygen atoms in total. The maximum atomic E-state index is 6.61. The molecular formula is C14H26N4O2. The Morgan fingerprint density at radius 2 is 2.15 bits per heavy atom. The Morgan fingerprint density at radius 1 is 1.50 bits per heavy atom. The molecule has 0 radical (unpaired) electrons. The molecule has 1 fully saturated rings. The lowest BCUT2D eigenvalue weighted by Gasteiger charge is -2.46. The van der Waals surface area contributed by atoms with E-state index >= 15 is 0 Å². The van der Waals surface area contributed by atoms with E-state index < -0.39 is 0 Å². The summed E-state index contributed by atoms with van der Waals surface area (Å²) in [6.45, 7) is 7.76. The van der Waals surface area contributed by atoms with E-state index in [9.17, 15) is 0 Å². The fourth-order valence-electron chi connectivity index (χ4n) is 2.95. The molecule has 0 bridgehead atoms. The van der Waals surface area contributed by atoms with Crippen molar-refractivity contribution < 1.29 is 9.47 Å². The molecule has 1 saturated heterocycles. The van der Waals surface area contributed by atoms with E-state index in [-0.39, 0.29) is 11.6 Å². The lowest BCUT2D eigenvalue weighted by atomic mass is 9.85. The zero-order valence-corrected chi connectivity index (χ0v) is 12.9. The van der Waals surface area contributed by atoms with Gasteiger partial charge in [-0.15, -0.1) is 0 Å². The number of morpholine rings is 1. The first-order valence-electron chi connectivity index (χ1n) is 7.18. The fraction of sp³-hybridized carbons (Fsp3) is 0.786. The molecule has 2 atom stereocenters. The maximum absolute atomic E-state index is 6.61. The molecule has 0 amide bonds. The molecule has 6 heteroatoms. The Hall–Kier alpha value is -1.11. The molecule has 1 aromatic rings. The first kappa shape index (κ1) is 15.3. The van der Waals surface area contributed by atoms with E-state index in [0.29, 0.717) is 0 Å². The Balaban J connectivity index is 2.31. The number of nitrogens with zero attached hydrogens (tertiary/aromatic N) is 3. The van der Waals surface area contributed by atoms with Gasteiger partial charge in [0.25, 0.3) is 0 Å². The topological polar surface area (TPSA) is 65.5 Å². The van der Waals surface area contributed by atoms with Gasteiger partial charge in [-0.05, 0) is 13.3 Å². The summed E-state index contributed by atoms with van der Waals surface area (Å²) in [6, 6.07) is -0.159. The largest absolute Gasteiger partial charge is 0.493 e. The van der Waals surface area contributed by atoms with Gasteiger partial charge in [-0.3, -0.25) is 9.58 Å². The Morgan fingerprint density at radius 3 is 2.70 bits per heavy atom. The number of hydrogen-bond acceptors (Lipinski definition) is 5.